The first-order valence-corrected chi connectivity index (χ1v) is 5.23. The van der Waals surface area contributed by atoms with Gasteiger partial charge in [0.2, 0.25) is 0 Å². The summed E-state index contributed by atoms with van der Waals surface area (Å²) in [6, 6.07) is 8.09. The molecule has 0 amide bonds. The fraction of sp³-hybridized carbons (Fsp3) is 0.417. The van der Waals surface area contributed by atoms with Gasteiger partial charge in [0.05, 0.1) is 12.7 Å². The number of ether oxygens (including phenoxy) is 1. The smallest absolute Gasteiger partial charge is 0.337 e. The molecule has 2 rings (SSSR count). The fourth-order valence-corrected chi connectivity index (χ4v) is 1.94. The summed E-state index contributed by atoms with van der Waals surface area (Å²) >= 11 is 0. The van der Waals surface area contributed by atoms with Gasteiger partial charge in [0, 0.05) is 6.04 Å². The third-order valence-corrected chi connectivity index (χ3v) is 2.79. The SMILES string of the molecule is COC(=O)c1ccc([C@H]2CCCN2)cc1. The van der Waals surface area contributed by atoms with Crippen LogP contribution in [0.4, 0.5) is 0 Å². The van der Waals surface area contributed by atoms with Crippen molar-refractivity contribution in [3.8, 4) is 0 Å². The molecule has 3 nitrogen and oxygen atoms in total. The maximum atomic E-state index is 11.2. The Morgan fingerprint density at radius 3 is 2.67 bits per heavy atom. The Bertz CT molecular complexity index is 339. The maximum absolute atomic E-state index is 11.2. The molecule has 80 valence electrons. The van der Waals surface area contributed by atoms with E-state index in [1.807, 2.05) is 24.3 Å². The molecule has 1 saturated heterocycles. The average Bonchev–Trinajstić information content (AvgIpc) is 2.82. The average molecular weight is 205 g/mol. The van der Waals surface area contributed by atoms with E-state index in [4.69, 9.17) is 0 Å². The second kappa shape index (κ2) is 4.45. The van der Waals surface area contributed by atoms with Crippen LogP contribution < -0.4 is 5.32 Å². The molecule has 3 heteroatoms. The molecule has 0 aliphatic carbocycles. The summed E-state index contributed by atoms with van der Waals surface area (Å²) in [6.45, 7) is 1.09. The van der Waals surface area contributed by atoms with E-state index in [2.05, 4.69) is 10.1 Å². The monoisotopic (exact) mass is 205 g/mol. The van der Waals surface area contributed by atoms with Crippen molar-refractivity contribution in [3.05, 3.63) is 35.4 Å². The van der Waals surface area contributed by atoms with Crippen molar-refractivity contribution in [2.24, 2.45) is 0 Å². The lowest BCUT2D eigenvalue weighted by Gasteiger charge is -2.10. The molecule has 0 aromatic heterocycles. The van der Waals surface area contributed by atoms with Gasteiger partial charge >= 0.3 is 5.97 Å². The van der Waals surface area contributed by atoms with Crippen LogP contribution in [0.3, 0.4) is 0 Å². The second-order valence-electron chi connectivity index (χ2n) is 3.76. The number of carbonyl (C=O) groups excluding carboxylic acids is 1. The summed E-state index contributed by atoms with van der Waals surface area (Å²) in [5.41, 5.74) is 1.86. The van der Waals surface area contributed by atoms with Gasteiger partial charge in [0.1, 0.15) is 0 Å². The number of methoxy groups -OCH3 is 1. The summed E-state index contributed by atoms with van der Waals surface area (Å²) < 4.78 is 4.65. The van der Waals surface area contributed by atoms with Crippen molar-refractivity contribution in [1.82, 2.24) is 5.32 Å². The van der Waals surface area contributed by atoms with Gasteiger partial charge < -0.3 is 10.1 Å². The molecule has 0 radical (unpaired) electrons. The van der Waals surface area contributed by atoms with Crippen LogP contribution in [0, 0.1) is 0 Å². The minimum atomic E-state index is -0.277. The molecule has 0 spiro atoms. The number of nitrogens with one attached hydrogen (secondary N) is 1. The van der Waals surface area contributed by atoms with Crippen molar-refractivity contribution >= 4 is 5.97 Å². The number of rotatable bonds is 2. The highest BCUT2D eigenvalue weighted by Gasteiger charge is 2.16. The van der Waals surface area contributed by atoms with Gasteiger partial charge in [-0.2, -0.15) is 0 Å². The second-order valence-corrected chi connectivity index (χ2v) is 3.76. The van der Waals surface area contributed by atoms with Crippen molar-refractivity contribution < 1.29 is 9.53 Å². The molecule has 1 aromatic carbocycles. The minimum absolute atomic E-state index is 0.277. The molecule has 0 saturated carbocycles. The molecule has 0 unspecified atom stereocenters. The molecular formula is C12H15NO2. The van der Waals surface area contributed by atoms with Gasteiger partial charge in [0.25, 0.3) is 0 Å². The molecule has 1 fully saturated rings. The number of hydrogen-bond donors (Lipinski definition) is 1. The topological polar surface area (TPSA) is 38.3 Å². The third-order valence-electron chi connectivity index (χ3n) is 2.79. The van der Waals surface area contributed by atoms with E-state index in [0.29, 0.717) is 11.6 Å². The zero-order valence-corrected chi connectivity index (χ0v) is 8.82. The van der Waals surface area contributed by atoms with E-state index in [-0.39, 0.29) is 5.97 Å². The summed E-state index contributed by atoms with van der Waals surface area (Å²) in [7, 11) is 1.40. The van der Waals surface area contributed by atoms with Crippen LogP contribution in [0.25, 0.3) is 0 Å². The molecule has 1 heterocycles. The van der Waals surface area contributed by atoms with Crippen LogP contribution in [0.15, 0.2) is 24.3 Å². The molecule has 1 aliphatic rings. The van der Waals surface area contributed by atoms with Gasteiger partial charge in [-0.3, -0.25) is 0 Å². The van der Waals surface area contributed by atoms with Crippen molar-refractivity contribution in [2.45, 2.75) is 18.9 Å². The van der Waals surface area contributed by atoms with Crippen molar-refractivity contribution in [1.29, 1.82) is 0 Å². The largest absolute Gasteiger partial charge is 0.465 e. The standard InChI is InChI=1S/C12H15NO2/c1-15-12(14)10-6-4-9(5-7-10)11-3-2-8-13-11/h4-7,11,13H,2-3,8H2,1H3/t11-/m1/s1. The first-order chi connectivity index (χ1) is 7.31. The molecule has 1 aliphatic heterocycles. The Morgan fingerprint density at radius 1 is 1.40 bits per heavy atom. The highest BCUT2D eigenvalue weighted by molar-refractivity contribution is 5.89. The summed E-state index contributed by atoms with van der Waals surface area (Å²) in [4.78, 5) is 11.2. The summed E-state index contributed by atoms with van der Waals surface area (Å²) in [6.07, 6.45) is 2.40. The van der Waals surface area contributed by atoms with E-state index in [0.717, 1.165) is 6.54 Å². The van der Waals surface area contributed by atoms with E-state index in [1.54, 1.807) is 0 Å². The zero-order chi connectivity index (χ0) is 10.7. The Labute approximate surface area is 89.4 Å². The summed E-state index contributed by atoms with van der Waals surface area (Å²) in [5, 5.41) is 3.42. The first-order valence-electron chi connectivity index (χ1n) is 5.23. The molecule has 1 N–H and O–H groups in total. The van der Waals surface area contributed by atoms with Gasteiger partial charge in [-0.25, -0.2) is 4.79 Å². The third kappa shape index (κ3) is 2.18. The quantitative estimate of drug-likeness (QED) is 0.749. The lowest BCUT2D eigenvalue weighted by Crippen LogP contribution is -2.13. The lowest BCUT2D eigenvalue weighted by atomic mass is 10.0. The lowest BCUT2D eigenvalue weighted by molar-refractivity contribution is 0.0600. The normalized spacial score (nSPS) is 20.2. The molecule has 1 atom stereocenters. The minimum Gasteiger partial charge on any atom is -0.465 e. The van der Waals surface area contributed by atoms with Gasteiger partial charge in [-0.05, 0) is 37.1 Å². The van der Waals surface area contributed by atoms with Crippen LogP contribution in [0.5, 0.6) is 0 Å². The van der Waals surface area contributed by atoms with Crippen LogP contribution in [0.2, 0.25) is 0 Å². The summed E-state index contributed by atoms with van der Waals surface area (Å²) in [5.74, 6) is -0.277. The maximum Gasteiger partial charge on any atom is 0.337 e. The number of esters is 1. The predicted octanol–water partition coefficient (Wildman–Crippen LogP) is 1.90. The highest BCUT2D eigenvalue weighted by Crippen LogP contribution is 2.23. The number of carbonyl (C=O) groups is 1. The Hall–Kier alpha value is -1.35. The van der Waals surface area contributed by atoms with Crippen LogP contribution in [0.1, 0.15) is 34.8 Å². The van der Waals surface area contributed by atoms with Crippen LogP contribution in [-0.4, -0.2) is 19.6 Å². The zero-order valence-electron chi connectivity index (χ0n) is 8.82. The Balaban J connectivity index is 2.12. The number of benzene rings is 1. The predicted molar refractivity (Wildman–Crippen MR) is 57.8 cm³/mol. The highest BCUT2D eigenvalue weighted by atomic mass is 16.5. The first kappa shape index (κ1) is 10.2. The van der Waals surface area contributed by atoms with Crippen molar-refractivity contribution in [3.63, 3.8) is 0 Å². The molecule has 1 aromatic rings. The Kier molecular flexibility index (Phi) is 3.02. The van der Waals surface area contributed by atoms with Crippen LogP contribution >= 0.6 is 0 Å². The van der Waals surface area contributed by atoms with E-state index in [1.165, 1.54) is 25.5 Å². The number of hydrogen-bond acceptors (Lipinski definition) is 3. The molecule has 0 bridgehead atoms. The van der Waals surface area contributed by atoms with Crippen molar-refractivity contribution in [2.75, 3.05) is 13.7 Å². The van der Waals surface area contributed by atoms with Crippen LogP contribution in [-0.2, 0) is 4.74 Å². The molecule has 15 heavy (non-hydrogen) atoms. The fourth-order valence-electron chi connectivity index (χ4n) is 1.94. The van der Waals surface area contributed by atoms with E-state index in [9.17, 15) is 4.79 Å². The van der Waals surface area contributed by atoms with E-state index < -0.39 is 0 Å². The molecular weight excluding hydrogens is 190 g/mol. The van der Waals surface area contributed by atoms with E-state index >= 15 is 0 Å². The van der Waals surface area contributed by atoms with Gasteiger partial charge in [-0.1, -0.05) is 12.1 Å². The van der Waals surface area contributed by atoms with Gasteiger partial charge in [0.15, 0.2) is 0 Å². The Morgan fingerprint density at radius 2 is 2.13 bits per heavy atom. The van der Waals surface area contributed by atoms with Gasteiger partial charge in [-0.15, -0.1) is 0 Å².